The highest BCUT2D eigenvalue weighted by atomic mass is 16.5. The number of ether oxygens (including phenoxy) is 1. The van der Waals surface area contributed by atoms with Gasteiger partial charge >= 0.3 is 0 Å². The maximum atomic E-state index is 5.88. The molecule has 1 aromatic carbocycles. The lowest BCUT2D eigenvalue weighted by Crippen LogP contribution is -2.48. The van der Waals surface area contributed by atoms with Gasteiger partial charge in [-0.2, -0.15) is 0 Å². The van der Waals surface area contributed by atoms with Crippen molar-refractivity contribution in [1.29, 1.82) is 0 Å². The monoisotopic (exact) mass is 313 g/mol. The van der Waals surface area contributed by atoms with Gasteiger partial charge in [-0.1, -0.05) is 12.1 Å². The van der Waals surface area contributed by atoms with Gasteiger partial charge in [-0.25, -0.2) is 4.98 Å². The van der Waals surface area contributed by atoms with Gasteiger partial charge in [0.2, 0.25) is 0 Å². The van der Waals surface area contributed by atoms with Crippen molar-refractivity contribution in [3.8, 4) is 0 Å². The summed E-state index contributed by atoms with van der Waals surface area (Å²) in [5, 5.41) is 6.90. The third-order valence-electron chi connectivity index (χ3n) is 4.82. The summed E-state index contributed by atoms with van der Waals surface area (Å²) in [5.74, 6) is 0.857. The number of hydrogen-bond donors (Lipinski definition) is 2. The fourth-order valence-electron chi connectivity index (χ4n) is 3.64. The molecule has 2 aliphatic rings. The molecule has 0 spiro atoms. The Bertz CT molecular complexity index is 710. The Morgan fingerprint density at radius 2 is 2.30 bits per heavy atom. The molecule has 1 aromatic heterocycles. The van der Waals surface area contributed by atoms with Crippen molar-refractivity contribution in [2.75, 3.05) is 13.6 Å². The Morgan fingerprint density at radius 1 is 1.39 bits per heavy atom. The number of guanidine groups is 1. The van der Waals surface area contributed by atoms with Crippen LogP contribution in [0.15, 0.2) is 35.6 Å². The van der Waals surface area contributed by atoms with Crippen LogP contribution in [-0.2, 0) is 11.3 Å². The Labute approximate surface area is 135 Å². The van der Waals surface area contributed by atoms with Crippen molar-refractivity contribution < 1.29 is 4.74 Å². The minimum atomic E-state index is 0.358. The summed E-state index contributed by atoms with van der Waals surface area (Å²) < 4.78 is 8.05. The van der Waals surface area contributed by atoms with Gasteiger partial charge in [-0.05, 0) is 31.4 Å². The second kappa shape index (κ2) is 6.20. The molecule has 2 aliphatic heterocycles. The predicted octanol–water partition coefficient (Wildman–Crippen LogP) is 1.52. The summed E-state index contributed by atoms with van der Waals surface area (Å²) in [6.07, 6.45) is 6.18. The van der Waals surface area contributed by atoms with Gasteiger partial charge in [0.15, 0.2) is 5.96 Å². The van der Waals surface area contributed by atoms with E-state index < -0.39 is 0 Å². The second-order valence-electron chi connectivity index (χ2n) is 6.29. The molecule has 3 atom stereocenters. The van der Waals surface area contributed by atoms with E-state index in [9.17, 15) is 0 Å². The molecule has 6 nitrogen and oxygen atoms in total. The smallest absolute Gasteiger partial charge is 0.191 e. The third kappa shape index (κ3) is 2.91. The first-order chi connectivity index (χ1) is 11.3. The van der Waals surface area contributed by atoms with Crippen LogP contribution in [0.4, 0.5) is 0 Å². The molecule has 2 bridgehead atoms. The molecule has 3 heterocycles. The van der Waals surface area contributed by atoms with Crippen molar-refractivity contribution in [3.63, 3.8) is 0 Å². The summed E-state index contributed by atoms with van der Waals surface area (Å²) in [6, 6.07) is 8.59. The Kier molecular flexibility index (Phi) is 3.91. The first-order valence-electron chi connectivity index (χ1n) is 8.36. The van der Waals surface area contributed by atoms with Gasteiger partial charge in [0.1, 0.15) is 0 Å². The molecular formula is C17H23N5O. The number of aliphatic imine (C=N–C) groups is 1. The summed E-state index contributed by atoms with van der Waals surface area (Å²) in [4.78, 5) is 8.75. The van der Waals surface area contributed by atoms with Crippen LogP contribution in [0.3, 0.4) is 0 Å². The van der Waals surface area contributed by atoms with E-state index in [1.165, 1.54) is 18.4 Å². The summed E-state index contributed by atoms with van der Waals surface area (Å²) in [6.45, 7) is 1.66. The van der Waals surface area contributed by atoms with Gasteiger partial charge in [-0.3, -0.25) is 4.99 Å². The first-order valence-corrected chi connectivity index (χ1v) is 8.36. The number of para-hydroxylation sites is 2. The van der Waals surface area contributed by atoms with Crippen LogP contribution in [0.2, 0.25) is 0 Å². The number of nitrogens with zero attached hydrogens (tertiary/aromatic N) is 3. The van der Waals surface area contributed by atoms with Crippen molar-refractivity contribution >= 4 is 17.0 Å². The van der Waals surface area contributed by atoms with Crippen LogP contribution in [0.5, 0.6) is 0 Å². The van der Waals surface area contributed by atoms with E-state index >= 15 is 0 Å². The zero-order chi connectivity index (χ0) is 15.6. The van der Waals surface area contributed by atoms with E-state index in [1.807, 2.05) is 31.6 Å². The molecular weight excluding hydrogens is 290 g/mol. The topological polar surface area (TPSA) is 63.5 Å². The molecule has 0 radical (unpaired) electrons. The van der Waals surface area contributed by atoms with E-state index in [2.05, 4.69) is 31.2 Å². The normalized spacial score (nSPS) is 26.8. The van der Waals surface area contributed by atoms with E-state index in [1.54, 1.807) is 0 Å². The maximum absolute atomic E-state index is 5.88. The molecule has 0 amide bonds. The molecule has 2 fully saturated rings. The lowest BCUT2D eigenvalue weighted by Gasteiger charge is -2.22. The molecule has 23 heavy (non-hydrogen) atoms. The molecule has 122 valence electrons. The number of nitrogens with one attached hydrogen (secondary N) is 2. The minimum Gasteiger partial charge on any atom is -0.373 e. The average molecular weight is 313 g/mol. The van der Waals surface area contributed by atoms with Crippen LogP contribution in [0, 0.1) is 0 Å². The molecule has 2 N–H and O–H groups in total. The molecule has 3 unspecified atom stereocenters. The van der Waals surface area contributed by atoms with Crippen molar-refractivity contribution in [1.82, 2.24) is 20.2 Å². The van der Waals surface area contributed by atoms with Gasteiger partial charge < -0.3 is 19.9 Å². The predicted molar refractivity (Wildman–Crippen MR) is 90.5 cm³/mol. The van der Waals surface area contributed by atoms with Crippen LogP contribution >= 0.6 is 0 Å². The van der Waals surface area contributed by atoms with Crippen molar-refractivity contribution in [3.05, 3.63) is 30.6 Å². The zero-order valence-electron chi connectivity index (χ0n) is 13.4. The maximum Gasteiger partial charge on any atom is 0.191 e. The minimum absolute atomic E-state index is 0.358. The Balaban J connectivity index is 1.31. The van der Waals surface area contributed by atoms with Crippen LogP contribution in [0.25, 0.3) is 11.0 Å². The van der Waals surface area contributed by atoms with Crippen LogP contribution in [0.1, 0.15) is 19.3 Å². The number of imidazole rings is 1. The lowest BCUT2D eigenvalue weighted by molar-refractivity contribution is 0.0992. The first kappa shape index (κ1) is 14.5. The zero-order valence-corrected chi connectivity index (χ0v) is 13.4. The molecule has 2 aromatic rings. The van der Waals surface area contributed by atoms with Gasteiger partial charge in [0, 0.05) is 20.1 Å². The molecule has 4 rings (SSSR count). The highest BCUT2D eigenvalue weighted by molar-refractivity contribution is 5.80. The van der Waals surface area contributed by atoms with Gasteiger partial charge in [0.05, 0.1) is 35.6 Å². The van der Waals surface area contributed by atoms with E-state index in [4.69, 9.17) is 4.74 Å². The number of rotatable bonds is 4. The largest absolute Gasteiger partial charge is 0.373 e. The summed E-state index contributed by atoms with van der Waals surface area (Å²) in [5.41, 5.74) is 2.20. The van der Waals surface area contributed by atoms with E-state index in [0.29, 0.717) is 18.2 Å². The summed E-state index contributed by atoms with van der Waals surface area (Å²) >= 11 is 0. The Hall–Kier alpha value is -2.08. The van der Waals surface area contributed by atoms with Gasteiger partial charge in [-0.15, -0.1) is 0 Å². The average Bonchev–Trinajstić information content (AvgIpc) is 3.29. The van der Waals surface area contributed by atoms with E-state index in [0.717, 1.165) is 31.0 Å². The highest BCUT2D eigenvalue weighted by Gasteiger charge is 2.41. The van der Waals surface area contributed by atoms with Crippen molar-refractivity contribution in [2.45, 2.75) is 44.1 Å². The number of aromatic nitrogens is 2. The standard InChI is InChI=1S/C17H23N5O/c1-18-17(21-14-10-12-6-7-16(14)23-12)19-8-9-22-11-20-13-4-2-3-5-15(13)22/h2-5,11-12,14,16H,6-10H2,1H3,(H2,18,19,21). The summed E-state index contributed by atoms with van der Waals surface area (Å²) in [7, 11) is 1.82. The fourth-order valence-corrected chi connectivity index (χ4v) is 3.64. The highest BCUT2D eigenvalue weighted by Crippen LogP contribution is 2.34. The SMILES string of the molecule is CN=C(NCCn1cnc2ccccc21)NC1CC2CCC1O2. The third-order valence-corrected chi connectivity index (χ3v) is 4.82. The van der Waals surface area contributed by atoms with E-state index in [-0.39, 0.29) is 0 Å². The van der Waals surface area contributed by atoms with Crippen LogP contribution < -0.4 is 10.6 Å². The lowest BCUT2D eigenvalue weighted by atomic mass is 9.96. The molecule has 6 heteroatoms. The molecule has 0 saturated carbocycles. The van der Waals surface area contributed by atoms with Crippen LogP contribution in [-0.4, -0.2) is 47.4 Å². The molecule has 2 saturated heterocycles. The molecule has 0 aliphatic carbocycles. The quantitative estimate of drug-likeness (QED) is 0.663. The fraction of sp³-hybridized carbons (Fsp3) is 0.529. The van der Waals surface area contributed by atoms with Gasteiger partial charge in [0.25, 0.3) is 0 Å². The van der Waals surface area contributed by atoms with Crippen molar-refractivity contribution in [2.24, 2.45) is 4.99 Å². The number of hydrogen-bond acceptors (Lipinski definition) is 3. The number of benzene rings is 1. The Morgan fingerprint density at radius 3 is 3.09 bits per heavy atom. The second-order valence-corrected chi connectivity index (χ2v) is 6.29. The number of fused-ring (bicyclic) bond motifs is 3.